The van der Waals surface area contributed by atoms with Crippen LogP contribution in [0.5, 0.6) is 0 Å². The van der Waals surface area contributed by atoms with Crippen molar-refractivity contribution in [1.29, 1.82) is 0 Å². The van der Waals surface area contributed by atoms with E-state index in [1.54, 1.807) is 17.9 Å². The molecule has 1 aromatic rings. The zero-order valence-electron chi connectivity index (χ0n) is 11.1. The number of piperazine rings is 1. The van der Waals surface area contributed by atoms with Gasteiger partial charge in [0.2, 0.25) is 11.8 Å². The molecule has 1 saturated heterocycles. The normalized spacial score (nSPS) is 15.4. The molecule has 2 amide bonds. The van der Waals surface area contributed by atoms with E-state index in [9.17, 15) is 9.59 Å². The van der Waals surface area contributed by atoms with Crippen molar-refractivity contribution < 1.29 is 9.59 Å². The number of hydrogen-bond donors (Lipinski definition) is 1. The number of nitrogen functional groups attached to an aromatic ring is 1. The van der Waals surface area contributed by atoms with Crippen LogP contribution in [0.1, 0.15) is 12.5 Å². The topological polar surface area (TPSA) is 66.6 Å². The number of benzene rings is 1. The third kappa shape index (κ3) is 3.47. The maximum absolute atomic E-state index is 12.1. The quantitative estimate of drug-likeness (QED) is 0.788. The second-order valence-electron chi connectivity index (χ2n) is 4.81. The average molecular weight is 261 g/mol. The van der Waals surface area contributed by atoms with Crippen molar-refractivity contribution in [3.05, 3.63) is 29.8 Å². The first-order chi connectivity index (χ1) is 9.06. The maximum atomic E-state index is 12.1. The van der Waals surface area contributed by atoms with Crippen molar-refractivity contribution in [1.82, 2.24) is 9.80 Å². The Hall–Kier alpha value is -2.04. The summed E-state index contributed by atoms with van der Waals surface area (Å²) in [6.45, 7) is 4.03. The molecular weight excluding hydrogens is 242 g/mol. The lowest BCUT2D eigenvalue weighted by Gasteiger charge is -2.34. The third-order valence-corrected chi connectivity index (χ3v) is 3.38. The fraction of sp³-hybridized carbons (Fsp3) is 0.429. The second-order valence-corrected chi connectivity index (χ2v) is 4.81. The Bertz CT molecular complexity index is 479. The molecule has 1 aliphatic rings. The molecule has 5 nitrogen and oxygen atoms in total. The highest BCUT2D eigenvalue weighted by Gasteiger charge is 2.22. The predicted molar refractivity (Wildman–Crippen MR) is 73.4 cm³/mol. The molecule has 19 heavy (non-hydrogen) atoms. The fourth-order valence-electron chi connectivity index (χ4n) is 2.26. The monoisotopic (exact) mass is 261 g/mol. The Kier molecular flexibility index (Phi) is 4.04. The molecule has 0 unspecified atom stereocenters. The zero-order valence-corrected chi connectivity index (χ0v) is 11.1. The summed E-state index contributed by atoms with van der Waals surface area (Å²) in [6.07, 6.45) is 0.366. The number of amides is 2. The SMILES string of the molecule is CC(=O)N1CCN(C(=O)Cc2cccc(N)c2)CC1. The van der Waals surface area contributed by atoms with Gasteiger partial charge in [-0.05, 0) is 17.7 Å². The van der Waals surface area contributed by atoms with E-state index < -0.39 is 0 Å². The van der Waals surface area contributed by atoms with E-state index in [1.165, 1.54) is 0 Å². The summed E-state index contributed by atoms with van der Waals surface area (Å²) in [5, 5.41) is 0. The number of anilines is 1. The average Bonchev–Trinajstić information content (AvgIpc) is 2.39. The third-order valence-electron chi connectivity index (χ3n) is 3.38. The van der Waals surface area contributed by atoms with Crippen LogP contribution < -0.4 is 5.73 Å². The molecule has 0 aromatic heterocycles. The second kappa shape index (κ2) is 5.73. The fourth-order valence-corrected chi connectivity index (χ4v) is 2.26. The van der Waals surface area contributed by atoms with Gasteiger partial charge in [-0.15, -0.1) is 0 Å². The summed E-state index contributed by atoms with van der Waals surface area (Å²) in [5.41, 5.74) is 7.30. The standard InChI is InChI=1S/C14H19N3O2/c1-11(18)16-5-7-17(8-6-16)14(19)10-12-3-2-4-13(15)9-12/h2-4,9H,5-8,10,15H2,1H3. The maximum Gasteiger partial charge on any atom is 0.227 e. The molecule has 0 atom stereocenters. The van der Waals surface area contributed by atoms with Crippen LogP contribution in [-0.4, -0.2) is 47.8 Å². The van der Waals surface area contributed by atoms with Crippen molar-refractivity contribution in [2.24, 2.45) is 0 Å². The van der Waals surface area contributed by atoms with Crippen molar-refractivity contribution in [2.45, 2.75) is 13.3 Å². The molecule has 0 aliphatic carbocycles. The molecule has 0 bridgehead atoms. The highest BCUT2D eigenvalue weighted by molar-refractivity contribution is 5.79. The first kappa shape index (κ1) is 13.4. The van der Waals surface area contributed by atoms with Crippen LogP contribution in [0.4, 0.5) is 5.69 Å². The van der Waals surface area contributed by atoms with Crippen molar-refractivity contribution in [2.75, 3.05) is 31.9 Å². The van der Waals surface area contributed by atoms with E-state index in [0.717, 1.165) is 5.56 Å². The molecule has 0 radical (unpaired) electrons. The summed E-state index contributed by atoms with van der Waals surface area (Å²) in [5.74, 6) is 0.164. The van der Waals surface area contributed by atoms with Crippen LogP contribution in [0.3, 0.4) is 0 Å². The highest BCUT2D eigenvalue weighted by Crippen LogP contribution is 2.10. The van der Waals surface area contributed by atoms with Crippen LogP contribution in [0.25, 0.3) is 0 Å². The van der Waals surface area contributed by atoms with Gasteiger partial charge in [-0.25, -0.2) is 0 Å². The summed E-state index contributed by atoms with van der Waals surface area (Å²) < 4.78 is 0. The van der Waals surface area contributed by atoms with Gasteiger partial charge in [-0.2, -0.15) is 0 Å². The lowest BCUT2D eigenvalue weighted by atomic mass is 10.1. The van der Waals surface area contributed by atoms with Gasteiger partial charge >= 0.3 is 0 Å². The van der Waals surface area contributed by atoms with Gasteiger partial charge in [0.25, 0.3) is 0 Å². The van der Waals surface area contributed by atoms with Gasteiger partial charge in [0.15, 0.2) is 0 Å². The number of nitrogens with zero attached hydrogens (tertiary/aromatic N) is 2. The molecule has 0 saturated carbocycles. The molecule has 2 N–H and O–H groups in total. The predicted octanol–water partition coefficient (Wildman–Crippen LogP) is 0.502. The summed E-state index contributed by atoms with van der Waals surface area (Å²) >= 11 is 0. The van der Waals surface area contributed by atoms with Crippen LogP contribution in [0, 0.1) is 0 Å². The van der Waals surface area contributed by atoms with Crippen LogP contribution in [-0.2, 0) is 16.0 Å². The Morgan fingerprint density at radius 3 is 2.37 bits per heavy atom. The van der Waals surface area contributed by atoms with E-state index in [2.05, 4.69) is 0 Å². The molecular formula is C14H19N3O2. The number of carbonyl (C=O) groups is 2. The minimum Gasteiger partial charge on any atom is -0.399 e. The lowest BCUT2D eigenvalue weighted by Crippen LogP contribution is -2.50. The molecule has 0 spiro atoms. The molecule has 1 aliphatic heterocycles. The largest absolute Gasteiger partial charge is 0.399 e. The smallest absolute Gasteiger partial charge is 0.227 e. The lowest BCUT2D eigenvalue weighted by molar-refractivity contribution is -0.138. The summed E-state index contributed by atoms with van der Waals surface area (Å²) in [6, 6.07) is 7.38. The van der Waals surface area contributed by atoms with Crippen molar-refractivity contribution in [3.8, 4) is 0 Å². The highest BCUT2D eigenvalue weighted by atomic mass is 16.2. The van der Waals surface area contributed by atoms with E-state index in [-0.39, 0.29) is 11.8 Å². The first-order valence-electron chi connectivity index (χ1n) is 6.44. The van der Waals surface area contributed by atoms with Crippen LogP contribution in [0.15, 0.2) is 24.3 Å². The molecule has 5 heteroatoms. The van der Waals surface area contributed by atoms with Crippen molar-refractivity contribution in [3.63, 3.8) is 0 Å². The van der Waals surface area contributed by atoms with Crippen molar-refractivity contribution >= 4 is 17.5 Å². The minimum atomic E-state index is 0.0722. The van der Waals surface area contributed by atoms with Gasteiger partial charge in [-0.3, -0.25) is 9.59 Å². The van der Waals surface area contributed by atoms with Gasteiger partial charge in [0.1, 0.15) is 0 Å². The Morgan fingerprint density at radius 2 is 1.79 bits per heavy atom. The van der Waals surface area contributed by atoms with Gasteiger partial charge in [0.05, 0.1) is 6.42 Å². The Labute approximate surface area is 113 Å². The molecule has 1 fully saturated rings. The van der Waals surface area contributed by atoms with E-state index >= 15 is 0 Å². The van der Waals surface area contributed by atoms with Gasteiger partial charge < -0.3 is 15.5 Å². The van der Waals surface area contributed by atoms with E-state index in [1.807, 2.05) is 23.1 Å². The molecule has 2 rings (SSSR count). The molecule has 1 heterocycles. The zero-order chi connectivity index (χ0) is 13.8. The van der Waals surface area contributed by atoms with Crippen LogP contribution in [0.2, 0.25) is 0 Å². The summed E-state index contributed by atoms with van der Waals surface area (Å²) in [7, 11) is 0. The van der Waals surface area contributed by atoms with Gasteiger partial charge in [-0.1, -0.05) is 12.1 Å². The van der Waals surface area contributed by atoms with E-state index in [4.69, 9.17) is 5.73 Å². The van der Waals surface area contributed by atoms with Gasteiger partial charge in [0, 0.05) is 38.8 Å². The number of hydrogen-bond acceptors (Lipinski definition) is 3. The number of rotatable bonds is 2. The van der Waals surface area contributed by atoms with Crippen LogP contribution >= 0.6 is 0 Å². The first-order valence-corrected chi connectivity index (χ1v) is 6.44. The number of carbonyl (C=O) groups excluding carboxylic acids is 2. The molecule has 102 valence electrons. The molecule has 1 aromatic carbocycles. The van der Waals surface area contributed by atoms with E-state index in [0.29, 0.717) is 38.3 Å². The summed E-state index contributed by atoms with van der Waals surface area (Å²) in [4.78, 5) is 26.9. The Balaban J connectivity index is 1.90. The minimum absolute atomic E-state index is 0.0722. The number of nitrogens with two attached hydrogens (primary N) is 1. The Morgan fingerprint density at radius 1 is 1.16 bits per heavy atom.